The van der Waals surface area contributed by atoms with E-state index in [2.05, 4.69) is 10.3 Å². The van der Waals surface area contributed by atoms with Crippen LogP contribution in [0.2, 0.25) is 0 Å². The van der Waals surface area contributed by atoms with E-state index >= 15 is 0 Å². The summed E-state index contributed by atoms with van der Waals surface area (Å²) >= 11 is 1.44. The summed E-state index contributed by atoms with van der Waals surface area (Å²) in [6.45, 7) is 2.58. The second kappa shape index (κ2) is 6.91. The Hall–Kier alpha value is -2.21. The Balaban J connectivity index is 1.64. The van der Waals surface area contributed by atoms with Gasteiger partial charge in [0.1, 0.15) is 6.04 Å². The Morgan fingerprint density at radius 1 is 1.35 bits per heavy atom. The zero-order chi connectivity index (χ0) is 16.2. The molecule has 0 radical (unpaired) electrons. The van der Waals surface area contributed by atoms with Gasteiger partial charge in [0.25, 0.3) is 0 Å². The molecule has 1 aliphatic rings. The monoisotopic (exact) mass is 329 g/mol. The number of carbonyl (C=O) groups is 2. The van der Waals surface area contributed by atoms with Crippen LogP contribution in [0.5, 0.6) is 0 Å². The van der Waals surface area contributed by atoms with Crippen LogP contribution in [-0.2, 0) is 16.0 Å². The lowest BCUT2D eigenvalue weighted by molar-refractivity contribution is -0.136. The molecule has 2 amide bonds. The van der Waals surface area contributed by atoms with Crippen molar-refractivity contribution in [2.45, 2.75) is 32.2 Å². The highest BCUT2D eigenvalue weighted by Gasteiger charge is 2.34. The number of thiazole rings is 1. The number of aryl methyl sites for hydroxylation is 1. The van der Waals surface area contributed by atoms with Gasteiger partial charge in [-0.1, -0.05) is 30.3 Å². The fourth-order valence-corrected chi connectivity index (χ4v) is 3.48. The molecular weight excluding hydrogens is 310 g/mol. The van der Waals surface area contributed by atoms with E-state index in [1.807, 2.05) is 37.3 Å². The second-order valence-electron chi connectivity index (χ2n) is 5.67. The summed E-state index contributed by atoms with van der Waals surface area (Å²) in [5, 5.41) is 3.42. The molecule has 3 rings (SSSR count). The molecule has 0 spiro atoms. The summed E-state index contributed by atoms with van der Waals surface area (Å²) in [6, 6.07) is 9.23. The van der Waals surface area contributed by atoms with E-state index in [-0.39, 0.29) is 11.8 Å². The molecule has 1 aliphatic heterocycles. The molecule has 0 aliphatic carbocycles. The first kappa shape index (κ1) is 15.7. The summed E-state index contributed by atoms with van der Waals surface area (Å²) in [7, 11) is 0. The van der Waals surface area contributed by atoms with Crippen molar-refractivity contribution < 1.29 is 9.59 Å². The summed E-state index contributed by atoms with van der Waals surface area (Å²) in [5.74, 6) is -0.137. The van der Waals surface area contributed by atoms with Gasteiger partial charge >= 0.3 is 0 Å². The number of likely N-dealkylation sites (tertiary alicyclic amines) is 1. The van der Waals surface area contributed by atoms with E-state index in [1.54, 1.807) is 11.1 Å². The summed E-state index contributed by atoms with van der Waals surface area (Å²) in [5.41, 5.74) is 0.971. The first-order valence-electron chi connectivity index (χ1n) is 7.70. The van der Waals surface area contributed by atoms with Gasteiger partial charge in [0, 0.05) is 17.6 Å². The standard InChI is InChI=1S/C17H19N3O2S/c1-12-11-18-17(23-12)19-16(22)14-8-5-9-20(14)15(21)10-13-6-3-2-4-7-13/h2-4,6-7,11,14H,5,8-10H2,1H3,(H,18,19,22)/t14-/m1/s1. The number of nitrogens with one attached hydrogen (secondary N) is 1. The zero-order valence-corrected chi connectivity index (χ0v) is 13.8. The van der Waals surface area contributed by atoms with Crippen molar-refractivity contribution in [1.29, 1.82) is 0 Å². The predicted molar refractivity (Wildman–Crippen MR) is 90.4 cm³/mol. The minimum Gasteiger partial charge on any atom is -0.330 e. The molecule has 120 valence electrons. The van der Waals surface area contributed by atoms with Gasteiger partial charge in [0.15, 0.2) is 5.13 Å². The molecule has 6 heteroatoms. The molecule has 1 aromatic carbocycles. The summed E-state index contributed by atoms with van der Waals surface area (Å²) in [6.07, 6.45) is 3.63. The molecule has 1 fully saturated rings. The first-order valence-corrected chi connectivity index (χ1v) is 8.52. The van der Waals surface area contributed by atoms with Crippen LogP contribution in [0, 0.1) is 6.92 Å². The highest BCUT2D eigenvalue weighted by molar-refractivity contribution is 7.15. The van der Waals surface area contributed by atoms with Crippen LogP contribution < -0.4 is 5.32 Å². The molecule has 1 saturated heterocycles. The normalized spacial score (nSPS) is 17.3. The number of anilines is 1. The third kappa shape index (κ3) is 3.76. The molecule has 0 bridgehead atoms. The largest absolute Gasteiger partial charge is 0.330 e. The molecule has 2 heterocycles. The number of rotatable bonds is 4. The van der Waals surface area contributed by atoms with Crippen LogP contribution in [0.4, 0.5) is 5.13 Å². The second-order valence-corrected chi connectivity index (χ2v) is 6.91. The maximum Gasteiger partial charge on any atom is 0.248 e. The average Bonchev–Trinajstić information content (AvgIpc) is 3.17. The number of benzene rings is 1. The highest BCUT2D eigenvalue weighted by atomic mass is 32.1. The fourth-order valence-electron chi connectivity index (χ4n) is 2.81. The van der Waals surface area contributed by atoms with E-state index in [0.717, 1.165) is 16.9 Å². The van der Waals surface area contributed by atoms with Gasteiger partial charge < -0.3 is 10.2 Å². The van der Waals surface area contributed by atoms with Crippen LogP contribution in [-0.4, -0.2) is 34.3 Å². The highest BCUT2D eigenvalue weighted by Crippen LogP contribution is 2.22. The molecule has 0 saturated carbocycles. The third-order valence-electron chi connectivity index (χ3n) is 3.93. The lowest BCUT2D eigenvalue weighted by Crippen LogP contribution is -2.43. The molecule has 1 aromatic heterocycles. The van der Waals surface area contributed by atoms with Crippen molar-refractivity contribution in [1.82, 2.24) is 9.88 Å². The van der Waals surface area contributed by atoms with Crippen molar-refractivity contribution >= 4 is 28.3 Å². The summed E-state index contributed by atoms with van der Waals surface area (Å²) in [4.78, 5) is 31.9. The smallest absolute Gasteiger partial charge is 0.248 e. The Labute approximate surface area is 139 Å². The molecular formula is C17H19N3O2S. The fraction of sp³-hybridized carbons (Fsp3) is 0.353. The summed E-state index contributed by atoms with van der Waals surface area (Å²) < 4.78 is 0. The van der Waals surface area contributed by atoms with Crippen LogP contribution in [0.1, 0.15) is 23.3 Å². The van der Waals surface area contributed by atoms with Crippen molar-refractivity contribution in [3.63, 3.8) is 0 Å². The molecule has 0 unspecified atom stereocenters. The SMILES string of the molecule is Cc1cnc(NC(=O)[C@H]2CCCN2C(=O)Cc2ccccc2)s1. The number of nitrogens with zero attached hydrogens (tertiary/aromatic N) is 2. The van der Waals surface area contributed by atoms with E-state index in [0.29, 0.717) is 24.5 Å². The van der Waals surface area contributed by atoms with Gasteiger partial charge in [-0.05, 0) is 25.3 Å². The molecule has 1 N–H and O–H groups in total. The Morgan fingerprint density at radius 2 is 2.13 bits per heavy atom. The van der Waals surface area contributed by atoms with Crippen LogP contribution in [0.25, 0.3) is 0 Å². The molecule has 1 atom stereocenters. The molecule has 23 heavy (non-hydrogen) atoms. The lowest BCUT2D eigenvalue weighted by Gasteiger charge is -2.23. The van der Waals surface area contributed by atoms with Crippen LogP contribution in [0.3, 0.4) is 0 Å². The number of amides is 2. The van der Waals surface area contributed by atoms with Gasteiger partial charge in [-0.15, -0.1) is 11.3 Å². The average molecular weight is 329 g/mol. The Morgan fingerprint density at radius 3 is 2.83 bits per heavy atom. The number of aromatic nitrogens is 1. The minimum absolute atomic E-state index is 0.00386. The molecule has 2 aromatic rings. The van der Waals surface area contributed by atoms with E-state index in [9.17, 15) is 9.59 Å². The van der Waals surface area contributed by atoms with E-state index < -0.39 is 6.04 Å². The van der Waals surface area contributed by atoms with Crippen molar-refractivity contribution in [2.75, 3.05) is 11.9 Å². The van der Waals surface area contributed by atoms with Gasteiger partial charge in [-0.3, -0.25) is 9.59 Å². The Kier molecular flexibility index (Phi) is 4.71. The first-order chi connectivity index (χ1) is 11.1. The van der Waals surface area contributed by atoms with Gasteiger partial charge in [-0.25, -0.2) is 4.98 Å². The molecule has 5 nitrogen and oxygen atoms in total. The maximum atomic E-state index is 12.5. The quantitative estimate of drug-likeness (QED) is 0.938. The number of hydrogen-bond acceptors (Lipinski definition) is 4. The minimum atomic E-state index is -0.393. The van der Waals surface area contributed by atoms with Gasteiger partial charge in [0.2, 0.25) is 11.8 Å². The Bertz CT molecular complexity index is 699. The van der Waals surface area contributed by atoms with Crippen molar-refractivity contribution in [3.8, 4) is 0 Å². The van der Waals surface area contributed by atoms with Crippen LogP contribution >= 0.6 is 11.3 Å². The topological polar surface area (TPSA) is 62.3 Å². The van der Waals surface area contributed by atoms with E-state index in [4.69, 9.17) is 0 Å². The lowest BCUT2D eigenvalue weighted by atomic mass is 10.1. The van der Waals surface area contributed by atoms with Gasteiger partial charge in [-0.2, -0.15) is 0 Å². The third-order valence-corrected chi connectivity index (χ3v) is 4.75. The van der Waals surface area contributed by atoms with Crippen LogP contribution in [0.15, 0.2) is 36.5 Å². The van der Waals surface area contributed by atoms with E-state index in [1.165, 1.54) is 11.3 Å². The van der Waals surface area contributed by atoms with Gasteiger partial charge in [0.05, 0.1) is 6.42 Å². The number of carbonyl (C=O) groups excluding carboxylic acids is 2. The predicted octanol–water partition coefficient (Wildman–Crippen LogP) is 2.62. The number of hydrogen-bond donors (Lipinski definition) is 1. The van der Waals surface area contributed by atoms with Crippen molar-refractivity contribution in [3.05, 3.63) is 47.0 Å². The zero-order valence-electron chi connectivity index (χ0n) is 13.0. The maximum absolute atomic E-state index is 12.5. The van der Waals surface area contributed by atoms with Crippen molar-refractivity contribution in [2.24, 2.45) is 0 Å².